The average molecular weight is 223 g/mol. The second-order valence-corrected chi connectivity index (χ2v) is 4.43. The van der Waals surface area contributed by atoms with Gasteiger partial charge in [-0.3, -0.25) is 4.55 Å². The molecule has 72 valence electrons. The summed E-state index contributed by atoms with van der Waals surface area (Å²) in [5, 5.41) is 3.09. The van der Waals surface area contributed by atoms with Gasteiger partial charge < -0.3 is 5.32 Å². The van der Waals surface area contributed by atoms with Gasteiger partial charge in [0, 0.05) is 13.1 Å². The van der Waals surface area contributed by atoms with E-state index in [9.17, 15) is 8.42 Å². The van der Waals surface area contributed by atoms with Gasteiger partial charge in [0.2, 0.25) is 0 Å². The van der Waals surface area contributed by atoms with Crippen LogP contribution < -0.4 is 5.32 Å². The molecule has 4 nitrogen and oxygen atoms in total. The van der Waals surface area contributed by atoms with Crippen LogP contribution in [0.15, 0.2) is 23.1 Å². The Morgan fingerprint density at radius 2 is 1.86 bits per heavy atom. The molecule has 2 N–H and O–H groups in total. The zero-order chi connectivity index (χ0) is 9.47. The fourth-order valence-electron chi connectivity index (χ4n) is 1.43. The van der Waals surface area contributed by atoms with Crippen molar-refractivity contribution in [1.82, 2.24) is 5.32 Å². The molecule has 1 heterocycles. The van der Waals surface area contributed by atoms with Gasteiger partial charge in [0.1, 0.15) is 0 Å². The van der Waals surface area contributed by atoms with E-state index in [0.717, 1.165) is 17.7 Å². The zero-order valence-corrected chi connectivity index (χ0v) is 7.63. The number of hydrogen-bond acceptors (Lipinski definition) is 3. The van der Waals surface area contributed by atoms with Crippen molar-refractivity contribution in [2.24, 2.45) is 0 Å². The van der Waals surface area contributed by atoms with Crippen LogP contribution in [-0.2, 0) is 23.2 Å². The molecule has 14 heavy (non-hydrogen) atoms. The Bertz CT molecular complexity index is 444. The fourth-order valence-corrected chi connectivity index (χ4v) is 1.96. The zero-order valence-electron chi connectivity index (χ0n) is 6.82. The first-order chi connectivity index (χ1) is 6.07. The van der Waals surface area contributed by atoms with E-state index in [0.29, 0.717) is 6.54 Å². The Kier molecular flexibility index (Phi) is 3.74. The third-order valence-electron chi connectivity index (χ3n) is 2.11. The predicted octanol–water partition coefficient (Wildman–Crippen LogP) is -0.112. The van der Waals surface area contributed by atoms with Crippen LogP contribution in [-0.4, -0.2) is 42.5 Å². The van der Waals surface area contributed by atoms with E-state index < -0.39 is 10.1 Å². The molecule has 1 aromatic rings. The summed E-state index contributed by atoms with van der Waals surface area (Å²) in [4.78, 5) is -0.0325. The van der Waals surface area contributed by atoms with Crippen LogP contribution in [0.1, 0.15) is 11.1 Å². The van der Waals surface area contributed by atoms with E-state index in [2.05, 4.69) is 5.32 Å². The molecule has 0 saturated heterocycles. The molecule has 0 bridgehead atoms. The van der Waals surface area contributed by atoms with Gasteiger partial charge in [-0.2, -0.15) is 8.42 Å². The van der Waals surface area contributed by atoms with Crippen LogP contribution in [0, 0.1) is 0 Å². The van der Waals surface area contributed by atoms with Gasteiger partial charge in [0.15, 0.2) is 0 Å². The standard InChI is InChI=1S/C8H9NO3S.Na.H/c10-13(11,12)8-2-1-6-4-9-5-7(6)3-8;;/h1-3,9H,4-5H2,(H,10,11,12);;. The first-order valence-electron chi connectivity index (χ1n) is 3.87. The molecule has 0 atom stereocenters. The predicted molar refractivity (Wildman–Crippen MR) is 53.9 cm³/mol. The van der Waals surface area contributed by atoms with Gasteiger partial charge in [-0.15, -0.1) is 0 Å². The van der Waals surface area contributed by atoms with Crippen molar-refractivity contribution in [3.8, 4) is 0 Å². The SMILES string of the molecule is O=S(=O)(O)c1ccc2c(c1)CNC2.[NaH]. The Morgan fingerprint density at radius 3 is 2.50 bits per heavy atom. The number of rotatable bonds is 1. The maximum absolute atomic E-state index is 10.8. The molecule has 0 spiro atoms. The van der Waals surface area contributed by atoms with Crippen molar-refractivity contribution in [3.63, 3.8) is 0 Å². The minimum atomic E-state index is -4.05. The van der Waals surface area contributed by atoms with Crippen LogP contribution >= 0.6 is 0 Å². The Hall–Kier alpha value is 0.0900. The summed E-state index contributed by atoms with van der Waals surface area (Å²) in [6.45, 7) is 1.43. The minimum absolute atomic E-state index is 0. The van der Waals surface area contributed by atoms with Gasteiger partial charge in [-0.05, 0) is 23.3 Å². The van der Waals surface area contributed by atoms with Gasteiger partial charge in [0.05, 0.1) is 4.90 Å². The molecule has 0 unspecified atom stereocenters. The van der Waals surface area contributed by atoms with E-state index in [1.54, 1.807) is 6.07 Å². The number of nitrogens with one attached hydrogen (secondary N) is 1. The van der Waals surface area contributed by atoms with E-state index in [1.165, 1.54) is 12.1 Å². The normalized spacial score (nSPS) is 14.6. The molecular formula is C8H10NNaO3S. The third kappa shape index (κ3) is 2.36. The molecule has 0 saturated carbocycles. The average Bonchev–Trinajstić information content (AvgIpc) is 2.47. The van der Waals surface area contributed by atoms with Crippen LogP contribution in [0.5, 0.6) is 0 Å². The van der Waals surface area contributed by atoms with Crippen molar-refractivity contribution in [3.05, 3.63) is 29.3 Å². The number of hydrogen-bond donors (Lipinski definition) is 2. The molecular weight excluding hydrogens is 213 g/mol. The Balaban J connectivity index is 0.000000980. The van der Waals surface area contributed by atoms with Crippen molar-refractivity contribution >= 4 is 39.7 Å². The van der Waals surface area contributed by atoms with Gasteiger partial charge in [-0.25, -0.2) is 0 Å². The third-order valence-corrected chi connectivity index (χ3v) is 2.96. The molecule has 0 fully saturated rings. The van der Waals surface area contributed by atoms with Crippen LogP contribution in [0.2, 0.25) is 0 Å². The summed E-state index contributed by atoms with van der Waals surface area (Å²) in [7, 11) is -4.05. The van der Waals surface area contributed by atoms with Crippen molar-refractivity contribution < 1.29 is 13.0 Å². The monoisotopic (exact) mass is 223 g/mol. The van der Waals surface area contributed by atoms with Gasteiger partial charge in [-0.1, -0.05) is 6.07 Å². The van der Waals surface area contributed by atoms with Gasteiger partial charge >= 0.3 is 29.6 Å². The first-order valence-corrected chi connectivity index (χ1v) is 5.31. The molecule has 1 aromatic carbocycles. The first kappa shape index (κ1) is 12.2. The molecule has 6 heteroatoms. The summed E-state index contributed by atoms with van der Waals surface area (Å²) < 4.78 is 30.3. The van der Waals surface area contributed by atoms with Crippen molar-refractivity contribution in [2.75, 3.05) is 0 Å². The molecule has 0 aliphatic carbocycles. The second-order valence-electron chi connectivity index (χ2n) is 3.01. The topological polar surface area (TPSA) is 66.4 Å². The van der Waals surface area contributed by atoms with Crippen molar-refractivity contribution in [2.45, 2.75) is 18.0 Å². The molecule has 1 aliphatic heterocycles. The molecule has 0 amide bonds. The molecule has 1 aliphatic rings. The van der Waals surface area contributed by atoms with Crippen LogP contribution in [0.3, 0.4) is 0 Å². The molecule has 0 aromatic heterocycles. The fraction of sp³-hybridized carbons (Fsp3) is 0.250. The summed E-state index contributed by atoms with van der Waals surface area (Å²) in [6.07, 6.45) is 0. The summed E-state index contributed by atoms with van der Waals surface area (Å²) in [5.74, 6) is 0. The summed E-state index contributed by atoms with van der Waals surface area (Å²) >= 11 is 0. The van der Waals surface area contributed by atoms with Gasteiger partial charge in [0.25, 0.3) is 10.1 Å². The van der Waals surface area contributed by atoms with E-state index in [-0.39, 0.29) is 34.5 Å². The number of benzene rings is 1. The molecule has 0 radical (unpaired) electrons. The van der Waals surface area contributed by atoms with E-state index in [4.69, 9.17) is 4.55 Å². The number of fused-ring (bicyclic) bond motifs is 1. The summed E-state index contributed by atoms with van der Waals surface area (Å²) in [6, 6.07) is 4.64. The molecule has 2 rings (SSSR count). The van der Waals surface area contributed by atoms with E-state index >= 15 is 0 Å². The van der Waals surface area contributed by atoms with Crippen molar-refractivity contribution in [1.29, 1.82) is 0 Å². The van der Waals surface area contributed by atoms with Crippen LogP contribution in [0.25, 0.3) is 0 Å². The Morgan fingerprint density at radius 1 is 1.21 bits per heavy atom. The van der Waals surface area contributed by atoms with Crippen LogP contribution in [0.4, 0.5) is 0 Å². The van der Waals surface area contributed by atoms with E-state index in [1.807, 2.05) is 0 Å². The summed E-state index contributed by atoms with van der Waals surface area (Å²) in [5.41, 5.74) is 2.03. The second kappa shape index (κ2) is 4.30. The maximum atomic E-state index is 10.8. The quantitative estimate of drug-likeness (QED) is 0.515. The Labute approximate surface area is 105 Å².